The summed E-state index contributed by atoms with van der Waals surface area (Å²) in [7, 11) is 1.41. The van der Waals surface area contributed by atoms with Gasteiger partial charge in [-0.1, -0.05) is 13.8 Å². The van der Waals surface area contributed by atoms with Gasteiger partial charge in [0.25, 0.3) is 0 Å². The largest absolute Gasteiger partial charge is 0.468 e. The molecule has 4 nitrogen and oxygen atoms in total. The van der Waals surface area contributed by atoms with Gasteiger partial charge in [-0.15, -0.1) is 0 Å². The zero-order valence-electron chi connectivity index (χ0n) is 8.75. The van der Waals surface area contributed by atoms with Crippen molar-refractivity contribution in [2.24, 2.45) is 11.7 Å². The summed E-state index contributed by atoms with van der Waals surface area (Å²) >= 11 is 0. The highest BCUT2D eigenvalue weighted by Gasteiger charge is 2.11. The molecule has 0 aromatic heterocycles. The number of ether oxygens (including phenoxy) is 1. The molecule has 0 aromatic carbocycles. The predicted octanol–water partition coefficient (Wildman–Crippen LogP) is 0.0761. The Labute approximate surface area is 80.0 Å². The van der Waals surface area contributed by atoms with E-state index in [1.807, 2.05) is 11.8 Å². The van der Waals surface area contributed by atoms with E-state index in [0.29, 0.717) is 19.0 Å². The fourth-order valence-corrected chi connectivity index (χ4v) is 1.07. The molecule has 0 radical (unpaired) electrons. The Morgan fingerprint density at radius 1 is 1.62 bits per heavy atom. The van der Waals surface area contributed by atoms with Gasteiger partial charge in [-0.2, -0.15) is 0 Å². The Hall–Kier alpha value is -0.610. The number of carbonyl (C=O) groups excluding carboxylic acids is 1. The molecule has 0 bridgehead atoms. The van der Waals surface area contributed by atoms with Gasteiger partial charge in [0.05, 0.1) is 13.7 Å². The van der Waals surface area contributed by atoms with E-state index in [2.05, 4.69) is 11.7 Å². The molecule has 0 saturated carbocycles. The zero-order chi connectivity index (χ0) is 10.3. The molecule has 0 aliphatic carbocycles. The van der Waals surface area contributed by atoms with Crippen molar-refractivity contribution in [2.75, 3.05) is 33.3 Å². The van der Waals surface area contributed by atoms with Crippen LogP contribution in [-0.2, 0) is 9.53 Å². The van der Waals surface area contributed by atoms with Gasteiger partial charge >= 0.3 is 5.97 Å². The lowest BCUT2D eigenvalue weighted by Crippen LogP contribution is -2.35. The van der Waals surface area contributed by atoms with E-state index >= 15 is 0 Å². The molecule has 0 aliphatic heterocycles. The van der Waals surface area contributed by atoms with Crippen LogP contribution in [0.3, 0.4) is 0 Å². The number of hydrogen-bond acceptors (Lipinski definition) is 4. The van der Waals surface area contributed by atoms with Gasteiger partial charge < -0.3 is 10.5 Å². The van der Waals surface area contributed by atoms with E-state index in [-0.39, 0.29) is 5.97 Å². The summed E-state index contributed by atoms with van der Waals surface area (Å²) in [6.45, 7) is 6.79. The molecule has 1 unspecified atom stereocenters. The molecule has 0 amide bonds. The molecule has 0 aliphatic rings. The van der Waals surface area contributed by atoms with Crippen LogP contribution in [0, 0.1) is 5.92 Å². The van der Waals surface area contributed by atoms with Gasteiger partial charge in [0.1, 0.15) is 0 Å². The van der Waals surface area contributed by atoms with Crippen LogP contribution >= 0.6 is 0 Å². The third-order valence-corrected chi connectivity index (χ3v) is 2.00. The topological polar surface area (TPSA) is 55.6 Å². The van der Waals surface area contributed by atoms with Crippen LogP contribution < -0.4 is 5.73 Å². The second-order valence-corrected chi connectivity index (χ2v) is 3.24. The van der Waals surface area contributed by atoms with Crippen molar-refractivity contribution in [3.63, 3.8) is 0 Å². The third kappa shape index (κ3) is 5.60. The maximum absolute atomic E-state index is 11.0. The first-order valence-corrected chi connectivity index (χ1v) is 4.63. The van der Waals surface area contributed by atoms with Crippen molar-refractivity contribution in [3.8, 4) is 0 Å². The van der Waals surface area contributed by atoms with Crippen molar-refractivity contribution in [1.29, 1.82) is 0 Å². The van der Waals surface area contributed by atoms with E-state index in [1.54, 1.807) is 0 Å². The maximum atomic E-state index is 11.0. The molecule has 0 heterocycles. The summed E-state index contributed by atoms with van der Waals surface area (Å²) in [6.07, 6.45) is 0. The summed E-state index contributed by atoms with van der Waals surface area (Å²) in [4.78, 5) is 13.0. The summed E-state index contributed by atoms with van der Waals surface area (Å²) < 4.78 is 4.59. The lowest BCUT2D eigenvalue weighted by atomic mass is 10.1. The van der Waals surface area contributed by atoms with Crippen LogP contribution in [-0.4, -0.2) is 44.2 Å². The number of nitrogens with two attached hydrogens (primary N) is 1. The molecular formula is C9H20N2O2. The minimum Gasteiger partial charge on any atom is -0.468 e. The highest BCUT2D eigenvalue weighted by molar-refractivity contribution is 5.71. The molecule has 2 N–H and O–H groups in total. The second kappa shape index (κ2) is 6.86. The van der Waals surface area contributed by atoms with E-state index in [0.717, 1.165) is 13.1 Å². The summed E-state index contributed by atoms with van der Waals surface area (Å²) in [5.41, 5.74) is 5.50. The fraction of sp³-hybridized carbons (Fsp3) is 0.889. The number of hydrogen-bond donors (Lipinski definition) is 1. The molecular weight excluding hydrogens is 168 g/mol. The first-order valence-electron chi connectivity index (χ1n) is 4.63. The number of esters is 1. The highest BCUT2D eigenvalue weighted by atomic mass is 16.5. The van der Waals surface area contributed by atoms with Crippen LogP contribution in [0.5, 0.6) is 0 Å². The molecule has 0 spiro atoms. The van der Waals surface area contributed by atoms with Gasteiger partial charge in [-0.05, 0) is 19.0 Å². The minimum atomic E-state index is -0.189. The van der Waals surface area contributed by atoms with E-state index in [9.17, 15) is 4.79 Å². The van der Waals surface area contributed by atoms with Crippen molar-refractivity contribution < 1.29 is 9.53 Å². The van der Waals surface area contributed by atoms with E-state index < -0.39 is 0 Å². The SMILES string of the molecule is CCN(CC(=O)OC)CC(C)CN. The number of nitrogens with zero attached hydrogens (tertiary/aromatic N) is 1. The quantitative estimate of drug-likeness (QED) is 0.600. The molecule has 0 saturated heterocycles. The minimum absolute atomic E-state index is 0.189. The molecule has 4 heteroatoms. The second-order valence-electron chi connectivity index (χ2n) is 3.24. The number of rotatable bonds is 6. The third-order valence-electron chi connectivity index (χ3n) is 2.00. The average Bonchev–Trinajstić information content (AvgIpc) is 2.16. The predicted molar refractivity (Wildman–Crippen MR) is 52.3 cm³/mol. The lowest BCUT2D eigenvalue weighted by Gasteiger charge is -2.21. The van der Waals surface area contributed by atoms with Crippen LogP contribution in [0.4, 0.5) is 0 Å². The molecule has 78 valence electrons. The molecule has 1 atom stereocenters. The standard InChI is InChI=1S/C9H20N2O2/c1-4-11(6-8(2)5-10)7-9(12)13-3/h8H,4-7,10H2,1-3H3. The van der Waals surface area contributed by atoms with Crippen LogP contribution in [0.15, 0.2) is 0 Å². The summed E-state index contributed by atoms with van der Waals surface area (Å²) in [5.74, 6) is 0.232. The van der Waals surface area contributed by atoms with Gasteiger partial charge in [0.2, 0.25) is 0 Å². The first kappa shape index (κ1) is 12.4. The lowest BCUT2D eigenvalue weighted by molar-refractivity contribution is -0.142. The Bertz CT molecular complexity index is 151. The zero-order valence-corrected chi connectivity index (χ0v) is 8.75. The number of carbonyl (C=O) groups is 1. The van der Waals surface area contributed by atoms with E-state index in [4.69, 9.17) is 5.73 Å². The van der Waals surface area contributed by atoms with Gasteiger partial charge in [0.15, 0.2) is 0 Å². The van der Waals surface area contributed by atoms with Crippen molar-refractivity contribution >= 4 is 5.97 Å². The van der Waals surface area contributed by atoms with Gasteiger partial charge in [-0.25, -0.2) is 0 Å². The summed E-state index contributed by atoms with van der Waals surface area (Å²) in [5, 5.41) is 0. The first-order chi connectivity index (χ1) is 6.13. The smallest absolute Gasteiger partial charge is 0.319 e. The Kier molecular flexibility index (Phi) is 6.54. The van der Waals surface area contributed by atoms with Crippen molar-refractivity contribution in [2.45, 2.75) is 13.8 Å². The van der Waals surface area contributed by atoms with Crippen LogP contribution in [0.2, 0.25) is 0 Å². The van der Waals surface area contributed by atoms with Crippen molar-refractivity contribution in [3.05, 3.63) is 0 Å². The monoisotopic (exact) mass is 188 g/mol. The van der Waals surface area contributed by atoms with Crippen molar-refractivity contribution in [1.82, 2.24) is 4.90 Å². The molecule has 0 fully saturated rings. The van der Waals surface area contributed by atoms with Crippen LogP contribution in [0.1, 0.15) is 13.8 Å². The normalized spacial score (nSPS) is 13.0. The Balaban J connectivity index is 3.81. The van der Waals surface area contributed by atoms with Crippen LogP contribution in [0.25, 0.3) is 0 Å². The fourth-order valence-electron chi connectivity index (χ4n) is 1.07. The molecule has 13 heavy (non-hydrogen) atoms. The highest BCUT2D eigenvalue weighted by Crippen LogP contribution is 1.97. The maximum Gasteiger partial charge on any atom is 0.319 e. The van der Waals surface area contributed by atoms with Gasteiger partial charge in [-0.3, -0.25) is 9.69 Å². The van der Waals surface area contributed by atoms with Gasteiger partial charge in [0, 0.05) is 6.54 Å². The number of likely N-dealkylation sites (N-methyl/N-ethyl adjacent to an activating group) is 1. The Morgan fingerprint density at radius 2 is 2.23 bits per heavy atom. The summed E-state index contributed by atoms with van der Waals surface area (Å²) in [6, 6.07) is 0. The molecule has 0 aromatic rings. The Morgan fingerprint density at radius 3 is 2.62 bits per heavy atom. The average molecular weight is 188 g/mol. The molecule has 0 rings (SSSR count). The van der Waals surface area contributed by atoms with E-state index in [1.165, 1.54) is 7.11 Å². The number of methoxy groups -OCH3 is 1.